The molecule has 0 saturated carbocycles. The summed E-state index contributed by atoms with van der Waals surface area (Å²) in [6.45, 7) is 2.17. The number of halogens is 1. The highest BCUT2D eigenvalue weighted by molar-refractivity contribution is 9.10. The molecule has 2 rings (SSSR count). The Hall–Kier alpha value is -0.540. The fraction of sp³-hybridized carbons (Fsp3) is 0.400. The molecule has 70 valence electrons. The van der Waals surface area contributed by atoms with Crippen LogP contribution in [0.3, 0.4) is 0 Å². The fourth-order valence-corrected chi connectivity index (χ4v) is 2.13. The second-order valence-corrected chi connectivity index (χ2v) is 4.48. The van der Waals surface area contributed by atoms with Crippen LogP contribution in [0.5, 0.6) is 0 Å². The smallest absolute Gasteiger partial charge is 0.0461 e. The second kappa shape index (κ2) is 3.31. The van der Waals surface area contributed by atoms with Crippen molar-refractivity contribution in [2.45, 2.75) is 13.0 Å². The first-order valence-corrected chi connectivity index (χ1v) is 5.21. The van der Waals surface area contributed by atoms with Gasteiger partial charge in [-0.05, 0) is 52.7 Å². The van der Waals surface area contributed by atoms with Crippen LogP contribution in [0, 0.1) is 0 Å². The van der Waals surface area contributed by atoms with Crippen LogP contribution in [0.4, 0.5) is 5.69 Å². The van der Waals surface area contributed by atoms with Crippen molar-refractivity contribution in [2.75, 3.05) is 19.3 Å². The van der Waals surface area contributed by atoms with E-state index in [1.807, 2.05) is 0 Å². The van der Waals surface area contributed by atoms with Gasteiger partial charge >= 0.3 is 0 Å². The van der Waals surface area contributed by atoms with E-state index in [1.165, 1.54) is 11.1 Å². The SMILES string of the molecule is CN1CCc2cc(N)c(Br)cc2C1. The third-order valence-corrected chi connectivity index (χ3v) is 3.21. The molecule has 0 atom stereocenters. The highest BCUT2D eigenvalue weighted by Crippen LogP contribution is 2.27. The molecule has 0 bridgehead atoms. The molecule has 0 radical (unpaired) electrons. The number of rotatable bonds is 0. The summed E-state index contributed by atoms with van der Waals surface area (Å²) < 4.78 is 1.02. The Morgan fingerprint density at radius 2 is 2.15 bits per heavy atom. The van der Waals surface area contributed by atoms with Crippen LogP contribution in [0.15, 0.2) is 16.6 Å². The summed E-state index contributed by atoms with van der Waals surface area (Å²) in [5.74, 6) is 0. The monoisotopic (exact) mass is 240 g/mol. The van der Waals surface area contributed by atoms with Crippen LogP contribution in [0.2, 0.25) is 0 Å². The second-order valence-electron chi connectivity index (χ2n) is 3.63. The van der Waals surface area contributed by atoms with Gasteiger partial charge in [0.25, 0.3) is 0 Å². The molecule has 1 aliphatic rings. The summed E-state index contributed by atoms with van der Waals surface area (Å²) >= 11 is 3.45. The standard InChI is InChI=1S/C10H13BrN2/c1-13-3-2-7-5-10(12)9(11)4-8(7)6-13/h4-5H,2-3,6,12H2,1H3. The van der Waals surface area contributed by atoms with Gasteiger partial charge < -0.3 is 10.6 Å². The van der Waals surface area contributed by atoms with Crippen LogP contribution in [-0.2, 0) is 13.0 Å². The Bertz CT molecular complexity index is 336. The fourth-order valence-electron chi connectivity index (χ4n) is 1.74. The Balaban J connectivity index is 2.43. The lowest BCUT2D eigenvalue weighted by atomic mass is 10.00. The number of nitrogens with two attached hydrogens (primary N) is 1. The van der Waals surface area contributed by atoms with Gasteiger partial charge in [0.05, 0.1) is 0 Å². The first-order chi connectivity index (χ1) is 6.16. The Morgan fingerprint density at radius 3 is 2.92 bits per heavy atom. The van der Waals surface area contributed by atoms with Gasteiger partial charge in [-0.1, -0.05) is 0 Å². The molecule has 0 spiro atoms. The first-order valence-electron chi connectivity index (χ1n) is 4.42. The Morgan fingerprint density at radius 1 is 1.38 bits per heavy atom. The average molecular weight is 241 g/mol. The lowest BCUT2D eigenvalue weighted by molar-refractivity contribution is 0.313. The van der Waals surface area contributed by atoms with Crippen molar-refractivity contribution in [1.82, 2.24) is 4.90 Å². The van der Waals surface area contributed by atoms with Crippen molar-refractivity contribution in [2.24, 2.45) is 0 Å². The number of anilines is 1. The van der Waals surface area contributed by atoms with Gasteiger partial charge in [0.1, 0.15) is 0 Å². The number of nitrogens with zero attached hydrogens (tertiary/aromatic N) is 1. The molecule has 13 heavy (non-hydrogen) atoms. The number of nitrogen functional groups attached to an aromatic ring is 1. The number of likely N-dealkylation sites (N-methyl/N-ethyl adjacent to an activating group) is 1. The quantitative estimate of drug-likeness (QED) is 0.704. The van der Waals surface area contributed by atoms with Gasteiger partial charge in [0, 0.05) is 23.2 Å². The van der Waals surface area contributed by atoms with E-state index in [0.717, 1.165) is 29.7 Å². The summed E-state index contributed by atoms with van der Waals surface area (Å²) in [5, 5.41) is 0. The van der Waals surface area contributed by atoms with Crippen molar-refractivity contribution in [3.05, 3.63) is 27.7 Å². The largest absolute Gasteiger partial charge is 0.398 e. The van der Waals surface area contributed by atoms with E-state index in [1.54, 1.807) is 0 Å². The summed E-state index contributed by atoms with van der Waals surface area (Å²) in [6, 6.07) is 4.23. The van der Waals surface area contributed by atoms with Gasteiger partial charge in [0.2, 0.25) is 0 Å². The molecule has 1 aromatic rings. The van der Waals surface area contributed by atoms with Crippen molar-refractivity contribution in [3.63, 3.8) is 0 Å². The zero-order valence-electron chi connectivity index (χ0n) is 7.68. The van der Waals surface area contributed by atoms with E-state index in [-0.39, 0.29) is 0 Å². The summed E-state index contributed by atoms with van der Waals surface area (Å²) in [5.41, 5.74) is 9.47. The van der Waals surface area contributed by atoms with Crippen molar-refractivity contribution in [3.8, 4) is 0 Å². The molecule has 0 aromatic heterocycles. The molecular weight excluding hydrogens is 228 g/mol. The zero-order chi connectivity index (χ0) is 9.42. The highest BCUT2D eigenvalue weighted by Gasteiger charge is 2.14. The van der Waals surface area contributed by atoms with Gasteiger partial charge in [-0.3, -0.25) is 0 Å². The number of benzene rings is 1. The minimum absolute atomic E-state index is 0.850. The van der Waals surface area contributed by atoms with E-state index in [2.05, 4.69) is 40.0 Å². The third-order valence-electron chi connectivity index (χ3n) is 2.52. The minimum Gasteiger partial charge on any atom is -0.398 e. The van der Waals surface area contributed by atoms with Crippen LogP contribution in [0.1, 0.15) is 11.1 Å². The van der Waals surface area contributed by atoms with Gasteiger partial charge in [0.15, 0.2) is 0 Å². The van der Waals surface area contributed by atoms with Crippen LogP contribution >= 0.6 is 15.9 Å². The van der Waals surface area contributed by atoms with Gasteiger partial charge in [-0.2, -0.15) is 0 Å². The molecule has 1 aromatic carbocycles. The molecule has 0 fully saturated rings. The van der Waals surface area contributed by atoms with E-state index in [4.69, 9.17) is 5.73 Å². The lowest BCUT2D eigenvalue weighted by Gasteiger charge is -2.25. The predicted molar refractivity (Wildman–Crippen MR) is 58.6 cm³/mol. The predicted octanol–water partition coefficient (Wildman–Crippen LogP) is 2.02. The summed E-state index contributed by atoms with van der Waals surface area (Å²) in [7, 11) is 2.15. The third kappa shape index (κ3) is 1.71. The first kappa shape index (κ1) is 9.03. The molecule has 1 aliphatic heterocycles. The van der Waals surface area contributed by atoms with Crippen molar-refractivity contribution < 1.29 is 0 Å². The molecule has 3 heteroatoms. The molecule has 1 heterocycles. The normalized spacial score (nSPS) is 17.1. The van der Waals surface area contributed by atoms with Crippen molar-refractivity contribution >= 4 is 21.6 Å². The molecule has 0 saturated heterocycles. The van der Waals surface area contributed by atoms with E-state index in [0.29, 0.717) is 0 Å². The zero-order valence-corrected chi connectivity index (χ0v) is 9.26. The molecule has 0 amide bonds. The molecule has 0 unspecified atom stereocenters. The lowest BCUT2D eigenvalue weighted by Crippen LogP contribution is -2.26. The van der Waals surface area contributed by atoms with Gasteiger partial charge in [-0.25, -0.2) is 0 Å². The van der Waals surface area contributed by atoms with Crippen LogP contribution < -0.4 is 5.73 Å². The van der Waals surface area contributed by atoms with Crippen LogP contribution in [0.25, 0.3) is 0 Å². The molecule has 0 aliphatic carbocycles. The van der Waals surface area contributed by atoms with Gasteiger partial charge in [-0.15, -0.1) is 0 Å². The summed E-state index contributed by atoms with van der Waals surface area (Å²) in [6.07, 6.45) is 1.11. The van der Waals surface area contributed by atoms with E-state index in [9.17, 15) is 0 Å². The summed E-state index contributed by atoms with van der Waals surface area (Å²) in [4.78, 5) is 2.32. The van der Waals surface area contributed by atoms with Crippen LogP contribution in [-0.4, -0.2) is 18.5 Å². The maximum absolute atomic E-state index is 5.82. The maximum Gasteiger partial charge on any atom is 0.0461 e. The van der Waals surface area contributed by atoms with E-state index >= 15 is 0 Å². The van der Waals surface area contributed by atoms with Crippen molar-refractivity contribution in [1.29, 1.82) is 0 Å². The number of hydrogen-bond donors (Lipinski definition) is 1. The highest BCUT2D eigenvalue weighted by atomic mass is 79.9. The molecular formula is C10H13BrN2. The Labute approximate surface area is 86.9 Å². The molecule has 2 N–H and O–H groups in total. The topological polar surface area (TPSA) is 29.3 Å². The average Bonchev–Trinajstić information content (AvgIpc) is 2.08. The maximum atomic E-state index is 5.82. The number of fused-ring (bicyclic) bond motifs is 1. The molecule has 2 nitrogen and oxygen atoms in total. The Kier molecular flexibility index (Phi) is 2.30. The van der Waals surface area contributed by atoms with E-state index < -0.39 is 0 Å². The number of hydrogen-bond acceptors (Lipinski definition) is 2. The minimum atomic E-state index is 0.850.